The van der Waals surface area contributed by atoms with E-state index >= 15 is 0 Å². The molecule has 4 aromatic carbocycles. The second-order valence-corrected chi connectivity index (χ2v) is 9.52. The first-order valence-corrected chi connectivity index (χ1v) is 11.5. The summed E-state index contributed by atoms with van der Waals surface area (Å²) in [6, 6.07) is 23.8. The van der Waals surface area contributed by atoms with Crippen LogP contribution >= 0.6 is 0 Å². The summed E-state index contributed by atoms with van der Waals surface area (Å²) >= 11 is 0. The van der Waals surface area contributed by atoms with Gasteiger partial charge in [-0.2, -0.15) is 0 Å². The summed E-state index contributed by atoms with van der Waals surface area (Å²) in [5.41, 5.74) is 7.97. The minimum Gasteiger partial charge on any atom is -0.478 e. The lowest BCUT2D eigenvalue weighted by atomic mass is 9.56. The minimum atomic E-state index is -0.925. The topological polar surface area (TPSA) is 74.6 Å². The zero-order valence-electron chi connectivity index (χ0n) is 18.1. The molecule has 0 heterocycles. The Morgan fingerprint density at radius 1 is 0.529 bits per heavy atom. The molecule has 0 radical (unpaired) electrons. The molecule has 34 heavy (non-hydrogen) atoms. The molecule has 0 fully saturated rings. The normalized spacial score (nSPS) is 23.1. The molecule has 0 unspecified atom stereocenters. The van der Waals surface area contributed by atoms with Crippen LogP contribution in [0.1, 0.15) is 77.8 Å². The average molecular weight is 444 g/mol. The molecule has 4 aliphatic rings. The quantitative estimate of drug-likeness (QED) is 0.358. The number of benzene rings is 4. The van der Waals surface area contributed by atoms with Gasteiger partial charge in [0.2, 0.25) is 0 Å². The smallest absolute Gasteiger partial charge is 0.335 e. The molecule has 4 bridgehead atoms. The van der Waals surface area contributed by atoms with Gasteiger partial charge >= 0.3 is 11.9 Å². The van der Waals surface area contributed by atoms with Crippen molar-refractivity contribution in [3.05, 3.63) is 129 Å². The Kier molecular flexibility index (Phi) is 3.79. The molecule has 4 nitrogen and oxygen atoms in total. The van der Waals surface area contributed by atoms with Crippen molar-refractivity contribution in [3.8, 4) is 0 Å². The van der Waals surface area contributed by atoms with Gasteiger partial charge in [0.1, 0.15) is 0 Å². The molecule has 0 saturated carbocycles. The first-order chi connectivity index (χ1) is 16.5. The first kappa shape index (κ1) is 19.3. The first-order valence-electron chi connectivity index (χ1n) is 11.5. The number of allylic oxidation sites excluding steroid dienone is 2. The lowest BCUT2D eigenvalue weighted by Crippen LogP contribution is -2.32. The molecule has 2 N–H and O–H groups in total. The van der Waals surface area contributed by atoms with E-state index < -0.39 is 11.9 Å². The van der Waals surface area contributed by atoms with Crippen LogP contribution in [-0.2, 0) is 0 Å². The fourth-order valence-electron chi connectivity index (χ4n) is 6.52. The zero-order chi connectivity index (χ0) is 23.1. The van der Waals surface area contributed by atoms with Crippen LogP contribution in [0.2, 0.25) is 0 Å². The molecule has 4 heteroatoms. The van der Waals surface area contributed by atoms with Crippen LogP contribution in [0.25, 0.3) is 10.8 Å². The van der Waals surface area contributed by atoms with Gasteiger partial charge in [-0.1, -0.05) is 60.7 Å². The van der Waals surface area contributed by atoms with E-state index in [0.717, 1.165) is 16.3 Å². The molecule has 4 atom stereocenters. The number of carboxylic acids is 2. The van der Waals surface area contributed by atoms with E-state index in [0.29, 0.717) is 5.56 Å². The van der Waals surface area contributed by atoms with Crippen LogP contribution in [0.15, 0.2) is 84.9 Å². The number of hydrogen-bond donors (Lipinski definition) is 2. The van der Waals surface area contributed by atoms with Crippen molar-refractivity contribution in [2.75, 3.05) is 0 Å². The standard InChI is InChI=1S/C30H20O4/c31-29(32)16-6-5-15-12-24-22-10-9-21(25(24)14-18(15)11-16)27-19-3-1-2-4-20(19)28(22)26-13-17(30(33)34)7-8-23(26)27/h1-14,21-22,27-28H,(H,31,32)(H,33,34)/t21-,22+,27+,28-/m1/s1. The molecule has 0 aromatic heterocycles. The monoisotopic (exact) mass is 444 g/mol. The molecule has 4 aromatic rings. The number of carboxylic acid groups (broad SMARTS) is 2. The van der Waals surface area contributed by atoms with Crippen LogP contribution < -0.4 is 0 Å². The fraction of sp³-hybridized carbons (Fsp3) is 0.133. The number of fused-ring (bicyclic) bond motifs is 1. The van der Waals surface area contributed by atoms with Gasteiger partial charge in [-0.3, -0.25) is 0 Å². The van der Waals surface area contributed by atoms with Gasteiger partial charge in [-0.05, 0) is 68.4 Å². The minimum absolute atomic E-state index is 0.0220. The zero-order valence-corrected chi connectivity index (χ0v) is 18.1. The van der Waals surface area contributed by atoms with Crippen LogP contribution in [-0.4, -0.2) is 22.2 Å². The summed E-state index contributed by atoms with van der Waals surface area (Å²) in [5.74, 6) is -1.59. The number of aromatic carboxylic acids is 2. The maximum Gasteiger partial charge on any atom is 0.335 e. The van der Waals surface area contributed by atoms with Gasteiger partial charge in [-0.25, -0.2) is 9.59 Å². The molecular weight excluding hydrogens is 424 g/mol. The number of hydrogen-bond acceptors (Lipinski definition) is 2. The summed E-state index contributed by atoms with van der Waals surface area (Å²) in [4.78, 5) is 23.4. The van der Waals surface area contributed by atoms with E-state index in [-0.39, 0.29) is 29.2 Å². The van der Waals surface area contributed by atoms with Crippen molar-refractivity contribution in [1.82, 2.24) is 0 Å². The average Bonchev–Trinajstić information content (AvgIpc) is 2.83. The Morgan fingerprint density at radius 3 is 1.71 bits per heavy atom. The van der Waals surface area contributed by atoms with Crippen molar-refractivity contribution in [2.24, 2.45) is 0 Å². The van der Waals surface area contributed by atoms with E-state index in [4.69, 9.17) is 0 Å². The van der Waals surface area contributed by atoms with Gasteiger partial charge in [-0.15, -0.1) is 0 Å². The predicted molar refractivity (Wildman–Crippen MR) is 129 cm³/mol. The summed E-state index contributed by atoms with van der Waals surface area (Å²) < 4.78 is 0. The molecule has 4 aliphatic carbocycles. The third-order valence-electron chi connectivity index (χ3n) is 7.92. The summed E-state index contributed by atoms with van der Waals surface area (Å²) in [7, 11) is 0. The molecule has 0 spiro atoms. The lowest BCUT2D eigenvalue weighted by molar-refractivity contribution is 0.0686. The van der Waals surface area contributed by atoms with Crippen LogP contribution in [0.3, 0.4) is 0 Å². The van der Waals surface area contributed by atoms with Crippen molar-refractivity contribution in [2.45, 2.75) is 23.7 Å². The predicted octanol–water partition coefficient (Wildman–Crippen LogP) is 6.26. The van der Waals surface area contributed by atoms with Crippen molar-refractivity contribution in [3.63, 3.8) is 0 Å². The van der Waals surface area contributed by atoms with Crippen molar-refractivity contribution >= 4 is 22.7 Å². The lowest BCUT2D eigenvalue weighted by Gasteiger charge is -2.46. The highest BCUT2D eigenvalue weighted by atomic mass is 16.4. The van der Waals surface area contributed by atoms with Gasteiger partial charge in [0.05, 0.1) is 11.1 Å². The molecular formula is C30H20O4. The largest absolute Gasteiger partial charge is 0.478 e. The van der Waals surface area contributed by atoms with E-state index in [2.05, 4.69) is 48.6 Å². The molecule has 164 valence electrons. The summed E-state index contributed by atoms with van der Waals surface area (Å²) in [6.45, 7) is 0. The van der Waals surface area contributed by atoms with E-state index in [9.17, 15) is 19.8 Å². The highest BCUT2D eigenvalue weighted by Gasteiger charge is 2.45. The van der Waals surface area contributed by atoms with E-state index in [1.165, 1.54) is 27.8 Å². The van der Waals surface area contributed by atoms with Gasteiger partial charge in [0, 0.05) is 23.7 Å². The third-order valence-corrected chi connectivity index (χ3v) is 7.92. The van der Waals surface area contributed by atoms with Crippen LogP contribution in [0.4, 0.5) is 0 Å². The maximum absolute atomic E-state index is 11.8. The Hall–Kier alpha value is -4.18. The van der Waals surface area contributed by atoms with Gasteiger partial charge < -0.3 is 10.2 Å². The van der Waals surface area contributed by atoms with Crippen molar-refractivity contribution < 1.29 is 19.8 Å². The second kappa shape index (κ2) is 6.67. The van der Waals surface area contributed by atoms with E-state index in [1.807, 2.05) is 18.2 Å². The van der Waals surface area contributed by atoms with E-state index in [1.54, 1.807) is 18.2 Å². The Balaban J connectivity index is 1.53. The van der Waals surface area contributed by atoms with Gasteiger partial charge in [0.15, 0.2) is 0 Å². The number of rotatable bonds is 2. The molecule has 0 aliphatic heterocycles. The molecule has 0 amide bonds. The Labute approximate surface area is 195 Å². The SMILES string of the molecule is O=C(O)c1ccc2c(c1)[C@@H]1c3ccccc3[C@H]2[C@@H]2C=C[C@H]1c1cc3ccc(C(=O)O)cc3cc12. The fourth-order valence-corrected chi connectivity index (χ4v) is 6.52. The van der Waals surface area contributed by atoms with Crippen LogP contribution in [0.5, 0.6) is 0 Å². The number of carbonyl (C=O) groups is 2. The van der Waals surface area contributed by atoms with Crippen molar-refractivity contribution in [1.29, 1.82) is 0 Å². The highest BCUT2D eigenvalue weighted by molar-refractivity contribution is 5.95. The highest BCUT2D eigenvalue weighted by Crippen LogP contribution is 2.60. The summed E-state index contributed by atoms with van der Waals surface area (Å²) in [6.07, 6.45) is 4.61. The third kappa shape index (κ3) is 2.48. The molecule has 0 saturated heterocycles. The second-order valence-electron chi connectivity index (χ2n) is 9.52. The summed E-state index contributed by atoms with van der Waals surface area (Å²) in [5, 5.41) is 21.1. The van der Waals surface area contributed by atoms with Gasteiger partial charge in [0.25, 0.3) is 0 Å². The Morgan fingerprint density at radius 2 is 1.06 bits per heavy atom. The maximum atomic E-state index is 11.8. The van der Waals surface area contributed by atoms with Crippen LogP contribution in [0, 0.1) is 0 Å². The molecule has 8 rings (SSSR count). The Bertz CT molecular complexity index is 1600.